The number of oxime groups is 1. The minimum Gasteiger partial charge on any atom is -0.409 e. The minimum absolute atomic E-state index is 0.0846. The Balaban J connectivity index is 2.44. The second-order valence-corrected chi connectivity index (χ2v) is 5.18. The highest BCUT2D eigenvalue weighted by Crippen LogP contribution is 2.30. The number of hydrogen-bond donors (Lipinski definition) is 2. The van der Waals surface area contributed by atoms with E-state index in [4.69, 9.17) is 10.9 Å². The third-order valence-electron chi connectivity index (χ3n) is 2.77. The van der Waals surface area contributed by atoms with Crippen LogP contribution >= 0.6 is 11.8 Å². The smallest absolute Gasteiger partial charge is 0.195 e. The van der Waals surface area contributed by atoms with Gasteiger partial charge in [-0.2, -0.15) is 0 Å². The molecule has 0 aliphatic rings. The SMILES string of the molecule is Cc1ccc(C(N)=NO)c(Sc2nnc(C)n2C)c1. The highest BCUT2D eigenvalue weighted by Gasteiger charge is 2.13. The van der Waals surface area contributed by atoms with E-state index in [2.05, 4.69) is 15.4 Å². The minimum atomic E-state index is 0.0846. The van der Waals surface area contributed by atoms with Gasteiger partial charge in [0.25, 0.3) is 0 Å². The van der Waals surface area contributed by atoms with Crippen molar-refractivity contribution in [2.24, 2.45) is 17.9 Å². The second-order valence-electron chi connectivity index (χ2n) is 4.18. The Hall–Kier alpha value is -2.02. The van der Waals surface area contributed by atoms with Crippen LogP contribution < -0.4 is 5.73 Å². The summed E-state index contributed by atoms with van der Waals surface area (Å²) < 4.78 is 1.89. The van der Waals surface area contributed by atoms with Crippen LogP contribution in [-0.2, 0) is 7.05 Å². The Morgan fingerprint density at radius 1 is 1.37 bits per heavy atom. The van der Waals surface area contributed by atoms with E-state index < -0.39 is 0 Å². The Morgan fingerprint density at radius 2 is 2.11 bits per heavy atom. The summed E-state index contributed by atoms with van der Waals surface area (Å²) in [6.07, 6.45) is 0. The largest absolute Gasteiger partial charge is 0.409 e. The molecule has 19 heavy (non-hydrogen) atoms. The van der Waals surface area contributed by atoms with Crippen LogP contribution in [0.5, 0.6) is 0 Å². The zero-order valence-electron chi connectivity index (χ0n) is 11.0. The lowest BCUT2D eigenvalue weighted by atomic mass is 10.1. The first-order valence-corrected chi connectivity index (χ1v) is 6.47. The highest BCUT2D eigenvalue weighted by molar-refractivity contribution is 7.99. The molecule has 0 aliphatic heterocycles. The molecule has 1 aromatic heterocycles. The van der Waals surface area contributed by atoms with Gasteiger partial charge in [0.15, 0.2) is 11.0 Å². The molecule has 0 unspecified atom stereocenters. The Bertz CT molecular complexity index is 635. The van der Waals surface area contributed by atoms with Crippen molar-refractivity contribution >= 4 is 17.6 Å². The van der Waals surface area contributed by atoms with Crippen molar-refractivity contribution in [3.05, 3.63) is 35.2 Å². The molecule has 2 rings (SSSR count). The molecule has 0 atom stereocenters. The number of amidine groups is 1. The summed E-state index contributed by atoms with van der Waals surface area (Å²) in [7, 11) is 1.90. The van der Waals surface area contributed by atoms with Crippen molar-refractivity contribution in [3.8, 4) is 0 Å². The fourth-order valence-electron chi connectivity index (χ4n) is 1.55. The maximum Gasteiger partial charge on any atom is 0.195 e. The van der Waals surface area contributed by atoms with Gasteiger partial charge in [-0.3, -0.25) is 0 Å². The number of nitrogens with zero attached hydrogens (tertiary/aromatic N) is 4. The normalized spacial score (nSPS) is 11.8. The van der Waals surface area contributed by atoms with E-state index in [1.807, 2.05) is 43.7 Å². The summed E-state index contributed by atoms with van der Waals surface area (Å²) in [6.45, 7) is 3.87. The Labute approximate surface area is 115 Å². The monoisotopic (exact) mass is 277 g/mol. The lowest BCUT2D eigenvalue weighted by Crippen LogP contribution is -2.14. The topological polar surface area (TPSA) is 89.3 Å². The quantitative estimate of drug-likeness (QED) is 0.385. The summed E-state index contributed by atoms with van der Waals surface area (Å²) in [5, 5.41) is 20.8. The van der Waals surface area contributed by atoms with Gasteiger partial charge in [-0.25, -0.2) is 0 Å². The fraction of sp³-hybridized carbons (Fsp3) is 0.250. The van der Waals surface area contributed by atoms with E-state index in [1.54, 1.807) is 0 Å². The average molecular weight is 277 g/mol. The molecule has 3 N–H and O–H groups in total. The standard InChI is InChI=1S/C12H15N5OS/c1-7-4-5-9(11(13)16-18)10(6-7)19-12-15-14-8(2)17(12)3/h4-6,18H,1-3H3,(H2,13,16). The summed E-state index contributed by atoms with van der Waals surface area (Å²) in [5.74, 6) is 0.918. The number of hydrogen-bond acceptors (Lipinski definition) is 5. The van der Waals surface area contributed by atoms with Crippen LogP contribution in [0.3, 0.4) is 0 Å². The number of rotatable bonds is 3. The van der Waals surface area contributed by atoms with Gasteiger partial charge in [0, 0.05) is 17.5 Å². The van der Waals surface area contributed by atoms with Gasteiger partial charge in [0.1, 0.15) is 5.82 Å². The number of aryl methyl sites for hydroxylation is 2. The summed E-state index contributed by atoms with van der Waals surface area (Å²) >= 11 is 1.44. The summed E-state index contributed by atoms with van der Waals surface area (Å²) in [6, 6.07) is 5.72. The van der Waals surface area contributed by atoms with Crippen molar-refractivity contribution < 1.29 is 5.21 Å². The van der Waals surface area contributed by atoms with Crippen LogP contribution in [0.15, 0.2) is 33.4 Å². The molecule has 0 aliphatic carbocycles. The van der Waals surface area contributed by atoms with E-state index in [-0.39, 0.29) is 5.84 Å². The van der Waals surface area contributed by atoms with Gasteiger partial charge in [0.2, 0.25) is 0 Å². The lowest BCUT2D eigenvalue weighted by Gasteiger charge is -2.08. The molecular formula is C12H15N5OS. The maximum atomic E-state index is 8.83. The first kappa shape index (κ1) is 13.4. The summed E-state index contributed by atoms with van der Waals surface area (Å²) in [5.41, 5.74) is 7.46. The van der Waals surface area contributed by atoms with Crippen molar-refractivity contribution in [3.63, 3.8) is 0 Å². The molecule has 1 aromatic carbocycles. The second kappa shape index (κ2) is 5.31. The molecule has 2 aromatic rings. The van der Waals surface area contributed by atoms with Gasteiger partial charge in [-0.05, 0) is 43.3 Å². The van der Waals surface area contributed by atoms with E-state index in [9.17, 15) is 0 Å². The van der Waals surface area contributed by atoms with Crippen molar-refractivity contribution in [1.29, 1.82) is 0 Å². The zero-order chi connectivity index (χ0) is 14.0. The van der Waals surface area contributed by atoms with Crippen LogP contribution in [0, 0.1) is 13.8 Å². The Morgan fingerprint density at radius 3 is 2.68 bits per heavy atom. The van der Waals surface area contributed by atoms with Crippen molar-refractivity contribution in [2.45, 2.75) is 23.9 Å². The zero-order valence-corrected chi connectivity index (χ0v) is 11.8. The van der Waals surface area contributed by atoms with E-state index >= 15 is 0 Å². The molecule has 0 saturated carbocycles. The van der Waals surface area contributed by atoms with Crippen molar-refractivity contribution in [1.82, 2.24) is 14.8 Å². The molecule has 0 spiro atoms. The lowest BCUT2D eigenvalue weighted by molar-refractivity contribution is 0.318. The average Bonchev–Trinajstić information content (AvgIpc) is 2.70. The van der Waals surface area contributed by atoms with Crippen LogP contribution in [0.2, 0.25) is 0 Å². The fourth-order valence-corrected chi connectivity index (χ4v) is 2.63. The van der Waals surface area contributed by atoms with Gasteiger partial charge in [0.05, 0.1) is 0 Å². The third-order valence-corrected chi connectivity index (χ3v) is 3.87. The van der Waals surface area contributed by atoms with Crippen molar-refractivity contribution in [2.75, 3.05) is 0 Å². The van der Waals surface area contributed by atoms with Gasteiger partial charge < -0.3 is 15.5 Å². The van der Waals surface area contributed by atoms with Crippen LogP contribution in [0.1, 0.15) is 17.0 Å². The van der Waals surface area contributed by atoms with E-state index in [1.165, 1.54) is 11.8 Å². The molecular weight excluding hydrogens is 262 g/mol. The molecule has 0 amide bonds. The van der Waals surface area contributed by atoms with Gasteiger partial charge in [-0.15, -0.1) is 10.2 Å². The number of aromatic nitrogens is 3. The number of benzene rings is 1. The predicted octanol–water partition coefficient (Wildman–Crippen LogP) is 1.68. The first-order valence-electron chi connectivity index (χ1n) is 5.65. The van der Waals surface area contributed by atoms with E-state index in [0.717, 1.165) is 21.4 Å². The predicted molar refractivity (Wildman–Crippen MR) is 73.6 cm³/mol. The summed E-state index contributed by atoms with van der Waals surface area (Å²) in [4.78, 5) is 0.880. The van der Waals surface area contributed by atoms with Gasteiger partial charge in [-0.1, -0.05) is 11.2 Å². The molecule has 0 bridgehead atoms. The van der Waals surface area contributed by atoms with Crippen LogP contribution in [0.25, 0.3) is 0 Å². The van der Waals surface area contributed by atoms with Crippen LogP contribution in [0.4, 0.5) is 0 Å². The molecule has 100 valence electrons. The van der Waals surface area contributed by atoms with Gasteiger partial charge >= 0.3 is 0 Å². The molecule has 6 nitrogen and oxygen atoms in total. The van der Waals surface area contributed by atoms with E-state index in [0.29, 0.717) is 5.56 Å². The molecule has 7 heteroatoms. The molecule has 1 heterocycles. The van der Waals surface area contributed by atoms with Crippen LogP contribution in [-0.4, -0.2) is 25.8 Å². The molecule has 0 fully saturated rings. The number of nitrogens with two attached hydrogens (primary N) is 1. The highest BCUT2D eigenvalue weighted by atomic mass is 32.2. The molecule has 0 saturated heterocycles. The maximum absolute atomic E-state index is 8.83. The molecule has 0 radical (unpaired) electrons. The first-order chi connectivity index (χ1) is 9.02. The third kappa shape index (κ3) is 2.70. The Kier molecular flexibility index (Phi) is 3.75.